The van der Waals surface area contributed by atoms with Crippen molar-refractivity contribution >= 4 is 17.7 Å². The zero-order valence-electron chi connectivity index (χ0n) is 9.23. The average Bonchev–Trinajstić information content (AvgIpc) is 2.94. The maximum atomic E-state index is 10.7. The molecule has 0 aliphatic heterocycles. The molecule has 1 fully saturated rings. The largest absolute Gasteiger partial charge is 0.480 e. The van der Waals surface area contributed by atoms with Crippen molar-refractivity contribution in [3.05, 3.63) is 0 Å². The molecule has 0 spiro atoms. The topological polar surface area (TPSA) is 72.5 Å². The summed E-state index contributed by atoms with van der Waals surface area (Å²) in [6.07, 6.45) is 2.53. The number of carboxylic acids is 1. The lowest BCUT2D eigenvalue weighted by Gasteiger charge is -2.27. The van der Waals surface area contributed by atoms with E-state index in [1.54, 1.807) is 0 Å². The van der Waals surface area contributed by atoms with Crippen LogP contribution in [0.3, 0.4) is 0 Å². The van der Waals surface area contributed by atoms with Gasteiger partial charge in [-0.1, -0.05) is 0 Å². The molecule has 88 valence electrons. The van der Waals surface area contributed by atoms with Crippen LogP contribution < -0.4 is 5.73 Å². The summed E-state index contributed by atoms with van der Waals surface area (Å²) in [7, 11) is 0. The molecule has 0 saturated heterocycles. The third-order valence-corrected chi connectivity index (χ3v) is 3.86. The summed E-state index contributed by atoms with van der Waals surface area (Å²) in [6, 6.07) is -0.855. The summed E-state index contributed by atoms with van der Waals surface area (Å²) in [6.45, 7) is 4.46. The fourth-order valence-corrected chi connectivity index (χ4v) is 1.84. The van der Waals surface area contributed by atoms with Gasteiger partial charge in [0, 0.05) is 4.75 Å². The highest BCUT2D eigenvalue weighted by molar-refractivity contribution is 8.00. The van der Waals surface area contributed by atoms with E-state index in [0.29, 0.717) is 5.94 Å². The highest BCUT2D eigenvalue weighted by Gasteiger charge is 2.32. The zero-order valence-corrected chi connectivity index (χ0v) is 10.0. The van der Waals surface area contributed by atoms with Gasteiger partial charge in [0.05, 0.1) is 12.5 Å². The van der Waals surface area contributed by atoms with E-state index in [4.69, 9.17) is 15.6 Å². The van der Waals surface area contributed by atoms with Crippen LogP contribution in [-0.2, 0) is 9.53 Å². The smallest absolute Gasteiger partial charge is 0.321 e. The van der Waals surface area contributed by atoms with Gasteiger partial charge in [-0.25, -0.2) is 0 Å². The van der Waals surface area contributed by atoms with Crippen LogP contribution in [0.5, 0.6) is 0 Å². The zero-order chi connectivity index (χ0) is 11.5. The SMILES string of the molecule is CC(C)(SCOCC1CC1)[C@H](N)C(=O)O. The Bertz CT molecular complexity index is 229. The number of carboxylic acid groups (broad SMARTS) is 1. The molecule has 1 atom stereocenters. The first-order valence-corrected chi connectivity index (χ1v) is 6.12. The lowest BCUT2D eigenvalue weighted by atomic mass is 10.1. The van der Waals surface area contributed by atoms with Crippen LogP contribution in [0.25, 0.3) is 0 Å². The molecule has 3 N–H and O–H groups in total. The number of carbonyl (C=O) groups is 1. The fourth-order valence-electron chi connectivity index (χ4n) is 1.08. The molecule has 5 heteroatoms. The maximum Gasteiger partial charge on any atom is 0.321 e. The van der Waals surface area contributed by atoms with Crippen molar-refractivity contribution in [3.63, 3.8) is 0 Å². The van der Waals surface area contributed by atoms with Gasteiger partial charge < -0.3 is 15.6 Å². The van der Waals surface area contributed by atoms with Crippen molar-refractivity contribution in [2.75, 3.05) is 12.5 Å². The van der Waals surface area contributed by atoms with Gasteiger partial charge in [-0.3, -0.25) is 4.79 Å². The Kier molecular flexibility index (Phi) is 4.43. The van der Waals surface area contributed by atoms with Crippen LogP contribution in [0.1, 0.15) is 26.7 Å². The van der Waals surface area contributed by atoms with Crippen molar-refractivity contribution in [2.45, 2.75) is 37.5 Å². The molecular weight excluding hydrogens is 214 g/mol. The van der Waals surface area contributed by atoms with Crippen molar-refractivity contribution in [3.8, 4) is 0 Å². The second-order valence-corrected chi connectivity index (χ2v) is 6.07. The maximum absolute atomic E-state index is 10.7. The molecule has 1 saturated carbocycles. The van der Waals surface area contributed by atoms with E-state index in [1.165, 1.54) is 24.6 Å². The van der Waals surface area contributed by atoms with Crippen LogP contribution in [0.4, 0.5) is 0 Å². The molecule has 1 aliphatic rings. The first-order valence-electron chi connectivity index (χ1n) is 5.13. The lowest BCUT2D eigenvalue weighted by molar-refractivity contribution is -0.139. The molecule has 1 aliphatic carbocycles. The molecule has 0 aromatic rings. The standard InChI is InChI=1S/C10H19NO3S/c1-10(2,8(11)9(12)13)15-6-14-5-7-3-4-7/h7-8H,3-6,11H2,1-2H3,(H,12,13)/t8-/m1/s1. The number of nitrogens with two attached hydrogens (primary N) is 1. The Morgan fingerprint density at radius 2 is 2.27 bits per heavy atom. The van der Waals surface area contributed by atoms with Crippen LogP contribution in [0, 0.1) is 5.92 Å². The molecular formula is C10H19NO3S. The predicted octanol–water partition coefficient (Wildman–Crippen LogP) is 1.29. The second kappa shape index (κ2) is 5.18. The Morgan fingerprint density at radius 1 is 1.67 bits per heavy atom. The van der Waals surface area contributed by atoms with Crippen LogP contribution in [-0.4, -0.2) is 34.4 Å². The van der Waals surface area contributed by atoms with Gasteiger partial charge in [-0.2, -0.15) is 0 Å². The highest BCUT2D eigenvalue weighted by atomic mass is 32.2. The molecule has 0 aromatic carbocycles. The van der Waals surface area contributed by atoms with Crippen LogP contribution in [0.15, 0.2) is 0 Å². The molecule has 15 heavy (non-hydrogen) atoms. The Hall–Kier alpha value is -0.260. The molecule has 1 rings (SSSR count). The number of rotatable bonds is 7. The number of hydrogen-bond acceptors (Lipinski definition) is 4. The van der Waals surface area contributed by atoms with Crippen molar-refractivity contribution < 1.29 is 14.6 Å². The third-order valence-electron chi connectivity index (χ3n) is 2.58. The van der Waals surface area contributed by atoms with E-state index in [2.05, 4.69) is 0 Å². The molecule has 0 unspecified atom stereocenters. The van der Waals surface area contributed by atoms with Gasteiger partial charge in [0.2, 0.25) is 0 Å². The minimum Gasteiger partial charge on any atom is -0.480 e. The molecule has 0 radical (unpaired) electrons. The molecule has 0 aromatic heterocycles. The summed E-state index contributed by atoms with van der Waals surface area (Å²) in [5, 5.41) is 8.79. The highest BCUT2D eigenvalue weighted by Crippen LogP contribution is 2.31. The minimum absolute atomic E-state index is 0.491. The van der Waals surface area contributed by atoms with Gasteiger partial charge in [0.1, 0.15) is 6.04 Å². The van der Waals surface area contributed by atoms with Gasteiger partial charge >= 0.3 is 5.97 Å². The van der Waals surface area contributed by atoms with E-state index >= 15 is 0 Å². The summed E-state index contributed by atoms with van der Waals surface area (Å²) < 4.78 is 4.95. The van der Waals surface area contributed by atoms with E-state index < -0.39 is 16.8 Å². The normalized spacial score (nSPS) is 18.9. The first-order chi connectivity index (χ1) is 6.93. The molecule has 0 amide bonds. The Balaban J connectivity index is 2.18. The number of hydrogen-bond donors (Lipinski definition) is 2. The number of thioether (sulfide) groups is 1. The monoisotopic (exact) mass is 233 g/mol. The summed E-state index contributed by atoms with van der Waals surface area (Å²) in [5.74, 6) is 0.293. The van der Waals surface area contributed by atoms with Gasteiger partial charge in [-0.15, -0.1) is 11.8 Å². The van der Waals surface area contributed by atoms with E-state index in [-0.39, 0.29) is 0 Å². The quantitative estimate of drug-likeness (QED) is 0.512. The van der Waals surface area contributed by atoms with Gasteiger partial charge in [0.15, 0.2) is 0 Å². The second-order valence-electron chi connectivity index (χ2n) is 4.50. The summed E-state index contributed by atoms with van der Waals surface area (Å²) >= 11 is 1.46. The van der Waals surface area contributed by atoms with Crippen LogP contribution in [0.2, 0.25) is 0 Å². The number of aliphatic carboxylic acids is 1. The summed E-state index contributed by atoms with van der Waals surface area (Å²) in [4.78, 5) is 10.7. The minimum atomic E-state index is -0.963. The van der Waals surface area contributed by atoms with Crippen molar-refractivity contribution in [2.24, 2.45) is 11.7 Å². The Morgan fingerprint density at radius 3 is 2.73 bits per heavy atom. The number of ether oxygens (including phenoxy) is 1. The Labute approximate surface area is 94.6 Å². The van der Waals surface area contributed by atoms with E-state index in [1.807, 2.05) is 13.8 Å². The fraction of sp³-hybridized carbons (Fsp3) is 0.900. The van der Waals surface area contributed by atoms with E-state index in [9.17, 15) is 4.79 Å². The lowest BCUT2D eigenvalue weighted by Crippen LogP contribution is -2.47. The third kappa shape index (κ3) is 4.40. The molecule has 4 nitrogen and oxygen atoms in total. The van der Waals surface area contributed by atoms with Crippen molar-refractivity contribution in [1.29, 1.82) is 0 Å². The molecule has 0 heterocycles. The predicted molar refractivity (Wildman–Crippen MR) is 60.8 cm³/mol. The van der Waals surface area contributed by atoms with Gasteiger partial charge in [0.25, 0.3) is 0 Å². The van der Waals surface area contributed by atoms with E-state index in [0.717, 1.165) is 12.5 Å². The average molecular weight is 233 g/mol. The summed E-state index contributed by atoms with van der Waals surface area (Å²) in [5.41, 5.74) is 5.57. The molecule has 0 bridgehead atoms. The van der Waals surface area contributed by atoms with Gasteiger partial charge in [-0.05, 0) is 32.6 Å². The van der Waals surface area contributed by atoms with Crippen molar-refractivity contribution in [1.82, 2.24) is 0 Å². The van der Waals surface area contributed by atoms with Crippen LogP contribution >= 0.6 is 11.8 Å². The first kappa shape index (κ1) is 12.8.